The van der Waals surface area contributed by atoms with Crippen LogP contribution in [0, 0.1) is 0 Å². The number of halogens is 3. The molecular weight excluding hydrogens is 437 g/mol. The Morgan fingerprint density at radius 2 is 1.68 bits per heavy atom. The lowest BCUT2D eigenvalue weighted by atomic mass is 10.1. The van der Waals surface area contributed by atoms with Crippen LogP contribution in [0.25, 0.3) is 0 Å². The lowest BCUT2D eigenvalue weighted by Gasteiger charge is -2.22. The van der Waals surface area contributed by atoms with Crippen LogP contribution in [-0.4, -0.2) is 45.6 Å². The summed E-state index contributed by atoms with van der Waals surface area (Å²) in [5.41, 5.74) is -0.158. The molecule has 31 heavy (non-hydrogen) atoms. The van der Waals surface area contributed by atoms with Crippen LogP contribution in [0.5, 0.6) is 5.75 Å². The van der Waals surface area contributed by atoms with Gasteiger partial charge in [0.1, 0.15) is 12.4 Å². The van der Waals surface area contributed by atoms with E-state index in [1.54, 1.807) is 11.8 Å². The third kappa shape index (κ3) is 8.19. The van der Waals surface area contributed by atoms with Gasteiger partial charge < -0.3 is 9.47 Å². The van der Waals surface area contributed by atoms with Crippen molar-refractivity contribution in [1.82, 2.24) is 4.90 Å². The van der Waals surface area contributed by atoms with E-state index in [-0.39, 0.29) is 37.7 Å². The van der Waals surface area contributed by atoms with E-state index in [9.17, 15) is 26.4 Å². The summed E-state index contributed by atoms with van der Waals surface area (Å²) in [6, 6.07) is 10.2. The summed E-state index contributed by atoms with van der Waals surface area (Å²) < 4.78 is 71.3. The summed E-state index contributed by atoms with van der Waals surface area (Å²) in [7, 11) is -3.81. The molecule has 7 nitrogen and oxygen atoms in total. The minimum Gasteiger partial charge on any atom is -0.492 e. The molecule has 0 saturated carbocycles. The van der Waals surface area contributed by atoms with E-state index in [1.165, 1.54) is 36.4 Å². The molecule has 0 aromatic heterocycles. The van der Waals surface area contributed by atoms with Crippen LogP contribution in [0.2, 0.25) is 0 Å². The standard InChI is InChI=1S/C20H23F3N2O5S/c1-2-29-19(26)14-25(13-15-3-5-16(6-4-15)20(21,22)23)11-12-30-17-7-9-18(10-8-17)31(24,27)28/h3-10H,2,11-14H2,1H3,(H2,24,27,28). The maximum Gasteiger partial charge on any atom is 0.416 e. The van der Waals surface area contributed by atoms with Crippen molar-refractivity contribution >= 4 is 16.0 Å². The zero-order chi connectivity index (χ0) is 23.1. The second-order valence-corrected chi connectivity index (χ2v) is 8.14. The number of primary sulfonamides is 1. The molecule has 0 fully saturated rings. The summed E-state index contributed by atoms with van der Waals surface area (Å²) in [6.07, 6.45) is -4.42. The van der Waals surface area contributed by atoms with Crippen molar-refractivity contribution in [2.75, 3.05) is 26.3 Å². The van der Waals surface area contributed by atoms with Gasteiger partial charge in [-0.15, -0.1) is 0 Å². The van der Waals surface area contributed by atoms with E-state index >= 15 is 0 Å². The summed E-state index contributed by atoms with van der Waals surface area (Å²) in [5, 5.41) is 5.04. The Hall–Kier alpha value is -2.63. The number of nitrogens with zero attached hydrogens (tertiary/aromatic N) is 1. The van der Waals surface area contributed by atoms with Gasteiger partial charge in [-0.25, -0.2) is 13.6 Å². The molecular formula is C20H23F3N2O5S. The van der Waals surface area contributed by atoms with Crippen LogP contribution in [0.15, 0.2) is 53.4 Å². The van der Waals surface area contributed by atoms with E-state index in [0.717, 1.165) is 12.1 Å². The van der Waals surface area contributed by atoms with Gasteiger partial charge in [0.2, 0.25) is 10.0 Å². The smallest absolute Gasteiger partial charge is 0.416 e. The Balaban J connectivity index is 2.00. The van der Waals surface area contributed by atoms with Crippen LogP contribution in [0.4, 0.5) is 13.2 Å². The molecule has 0 radical (unpaired) electrons. The number of ether oxygens (including phenoxy) is 2. The monoisotopic (exact) mass is 460 g/mol. The van der Waals surface area contributed by atoms with Crippen molar-refractivity contribution in [3.8, 4) is 5.75 Å². The Kier molecular flexibility index (Phi) is 8.43. The van der Waals surface area contributed by atoms with Gasteiger partial charge >= 0.3 is 12.1 Å². The fourth-order valence-electron chi connectivity index (χ4n) is 2.68. The van der Waals surface area contributed by atoms with Crippen molar-refractivity contribution in [2.24, 2.45) is 5.14 Å². The van der Waals surface area contributed by atoms with Crippen molar-refractivity contribution < 1.29 is 35.9 Å². The second kappa shape index (κ2) is 10.6. The molecule has 0 amide bonds. The number of sulfonamides is 1. The number of benzene rings is 2. The van der Waals surface area contributed by atoms with Gasteiger partial charge in [-0.05, 0) is 48.9 Å². The third-order valence-electron chi connectivity index (χ3n) is 4.17. The Labute approximate surface area is 178 Å². The molecule has 2 N–H and O–H groups in total. The first-order chi connectivity index (χ1) is 14.5. The molecule has 0 unspecified atom stereocenters. The summed E-state index contributed by atoms with van der Waals surface area (Å²) in [6.45, 7) is 2.45. The number of hydrogen-bond donors (Lipinski definition) is 1. The fraction of sp³-hybridized carbons (Fsp3) is 0.350. The predicted molar refractivity (Wildman–Crippen MR) is 107 cm³/mol. The first kappa shape index (κ1) is 24.6. The van der Waals surface area contributed by atoms with Crippen molar-refractivity contribution in [3.05, 3.63) is 59.7 Å². The van der Waals surface area contributed by atoms with Crippen LogP contribution < -0.4 is 9.88 Å². The minimum atomic E-state index is -4.42. The van der Waals surface area contributed by atoms with Crippen LogP contribution in [-0.2, 0) is 32.3 Å². The van der Waals surface area contributed by atoms with Crippen molar-refractivity contribution in [1.29, 1.82) is 0 Å². The lowest BCUT2D eigenvalue weighted by molar-refractivity contribution is -0.144. The third-order valence-corrected chi connectivity index (χ3v) is 5.10. The molecule has 0 bridgehead atoms. The summed E-state index contributed by atoms with van der Waals surface area (Å²) in [4.78, 5) is 13.5. The molecule has 0 aliphatic carbocycles. The largest absolute Gasteiger partial charge is 0.492 e. The van der Waals surface area contributed by atoms with Crippen LogP contribution in [0.3, 0.4) is 0 Å². The van der Waals surface area contributed by atoms with Crippen molar-refractivity contribution in [2.45, 2.75) is 24.5 Å². The van der Waals surface area contributed by atoms with Gasteiger partial charge in [-0.3, -0.25) is 9.69 Å². The van der Waals surface area contributed by atoms with E-state index in [2.05, 4.69) is 0 Å². The maximum absolute atomic E-state index is 12.7. The highest BCUT2D eigenvalue weighted by Crippen LogP contribution is 2.29. The van der Waals surface area contributed by atoms with E-state index in [0.29, 0.717) is 11.3 Å². The number of nitrogens with two attached hydrogens (primary N) is 1. The first-order valence-corrected chi connectivity index (χ1v) is 10.8. The molecule has 0 aliphatic rings. The van der Waals surface area contributed by atoms with Gasteiger partial charge in [0, 0.05) is 13.1 Å². The molecule has 11 heteroatoms. The highest BCUT2D eigenvalue weighted by atomic mass is 32.2. The molecule has 0 saturated heterocycles. The van der Waals surface area contributed by atoms with Gasteiger partial charge in [-0.2, -0.15) is 13.2 Å². The quantitative estimate of drug-likeness (QED) is 0.548. The lowest BCUT2D eigenvalue weighted by Crippen LogP contribution is -2.34. The Morgan fingerprint density at radius 3 is 2.19 bits per heavy atom. The normalized spacial score (nSPS) is 12.1. The number of carbonyl (C=O) groups excluding carboxylic acids is 1. The summed E-state index contributed by atoms with van der Waals surface area (Å²) >= 11 is 0. The van der Waals surface area contributed by atoms with Crippen LogP contribution >= 0.6 is 0 Å². The number of carbonyl (C=O) groups is 1. The average Bonchev–Trinajstić information content (AvgIpc) is 2.67. The van der Waals surface area contributed by atoms with Gasteiger partial charge in [-0.1, -0.05) is 12.1 Å². The number of esters is 1. The SMILES string of the molecule is CCOC(=O)CN(CCOc1ccc(S(N)(=O)=O)cc1)Cc1ccc(C(F)(F)F)cc1. The van der Waals surface area contributed by atoms with Gasteiger partial charge in [0.25, 0.3) is 0 Å². The first-order valence-electron chi connectivity index (χ1n) is 9.29. The van der Waals surface area contributed by atoms with Gasteiger partial charge in [0.15, 0.2) is 0 Å². The fourth-order valence-corrected chi connectivity index (χ4v) is 3.19. The molecule has 0 heterocycles. The molecule has 170 valence electrons. The second-order valence-electron chi connectivity index (χ2n) is 6.58. The van der Waals surface area contributed by atoms with E-state index in [1.807, 2.05) is 0 Å². The molecule has 2 rings (SSSR count). The van der Waals surface area contributed by atoms with Gasteiger partial charge in [0.05, 0.1) is 23.6 Å². The topological polar surface area (TPSA) is 98.9 Å². The molecule has 2 aromatic carbocycles. The Bertz CT molecular complexity index is 962. The number of alkyl halides is 3. The Morgan fingerprint density at radius 1 is 1.06 bits per heavy atom. The number of rotatable bonds is 10. The number of hydrogen-bond acceptors (Lipinski definition) is 6. The molecule has 0 spiro atoms. The van der Waals surface area contributed by atoms with E-state index < -0.39 is 27.7 Å². The maximum atomic E-state index is 12.7. The average molecular weight is 460 g/mol. The zero-order valence-electron chi connectivity index (χ0n) is 16.8. The summed E-state index contributed by atoms with van der Waals surface area (Å²) in [5.74, 6) is -0.0649. The van der Waals surface area contributed by atoms with Crippen LogP contribution in [0.1, 0.15) is 18.1 Å². The molecule has 0 atom stereocenters. The molecule has 0 aliphatic heterocycles. The zero-order valence-corrected chi connectivity index (χ0v) is 17.6. The highest BCUT2D eigenvalue weighted by molar-refractivity contribution is 7.89. The minimum absolute atomic E-state index is 0.0499. The predicted octanol–water partition coefficient (Wildman–Crippen LogP) is 2.80. The van der Waals surface area contributed by atoms with Crippen molar-refractivity contribution in [3.63, 3.8) is 0 Å². The van der Waals surface area contributed by atoms with E-state index in [4.69, 9.17) is 14.6 Å². The highest BCUT2D eigenvalue weighted by Gasteiger charge is 2.30. The molecule has 2 aromatic rings.